The Morgan fingerprint density at radius 3 is 2.57 bits per heavy atom. The van der Waals surface area contributed by atoms with E-state index in [1.54, 1.807) is 7.05 Å². The van der Waals surface area contributed by atoms with Crippen LogP contribution in [0.4, 0.5) is 0 Å². The van der Waals surface area contributed by atoms with Crippen molar-refractivity contribution in [1.82, 2.24) is 31.0 Å². The molecule has 0 bridgehead atoms. The number of guanidine groups is 1. The van der Waals surface area contributed by atoms with E-state index in [0.717, 1.165) is 44.9 Å². The molecule has 2 heterocycles. The zero-order valence-corrected chi connectivity index (χ0v) is 17.8. The molecule has 0 radical (unpaired) electrons. The van der Waals surface area contributed by atoms with Crippen LogP contribution >= 0.6 is 0 Å². The standard InChI is InChI=1S/C19H35N7O2/c1-6-9-21-16(27)13-26-10-7-14(8-11-26)23-18(20-5)22-12-15-24-17(28-25-15)19(2,3)4/h14H,6-13H2,1-5H3,(H,21,27)(H2,20,22,23). The molecule has 1 aromatic heterocycles. The highest BCUT2D eigenvalue weighted by molar-refractivity contribution is 5.80. The van der Waals surface area contributed by atoms with Crippen molar-refractivity contribution >= 4 is 11.9 Å². The van der Waals surface area contributed by atoms with Gasteiger partial charge in [-0.2, -0.15) is 4.98 Å². The molecule has 0 saturated carbocycles. The number of hydrogen-bond acceptors (Lipinski definition) is 6. The van der Waals surface area contributed by atoms with Crippen molar-refractivity contribution in [3.63, 3.8) is 0 Å². The minimum atomic E-state index is -0.160. The van der Waals surface area contributed by atoms with Crippen LogP contribution in [0, 0.1) is 0 Å². The summed E-state index contributed by atoms with van der Waals surface area (Å²) in [6.45, 7) is 11.6. The van der Waals surface area contributed by atoms with E-state index < -0.39 is 0 Å². The van der Waals surface area contributed by atoms with E-state index in [1.807, 2.05) is 20.8 Å². The molecule has 0 atom stereocenters. The molecule has 0 aromatic carbocycles. The van der Waals surface area contributed by atoms with Gasteiger partial charge in [0.25, 0.3) is 0 Å². The fourth-order valence-electron chi connectivity index (χ4n) is 2.94. The lowest BCUT2D eigenvalue weighted by atomic mass is 9.97. The molecule has 1 aliphatic rings. The highest BCUT2D eigenvalue weighted by atomic mass is 16.5. The molecule has 3 N–H and O–H groups in total. The summed E-state index contributed by atoms with van der Waals surface area (Å²) in [6, 6.07) is 0.330. The number of piperidine rings is 1. The Morgan fingerprint density at radius 1 is 1.29 bits per heavy atom. The average Bonchev–Trinajstić information content (AvgIpc) is 3.14. The Bertz CT molecular complexity index is 643. The third kappa shape index (κ3) is 7.10. The molecule has 158 valence electrons. The summed E-state index contributed by atoms with van der Waals surface area (Å²) < 4.78 is 5.31. The SMILES string of the molecule is CCCNC(=O)CN1CCC(NC(=NC)NCc2noc(C(C)(C)C)n2)CC1. The smallest absolute Gasteiger partial charge is 0.234 e. The van der Waals surface area contributed by atoms with Gasteiger partial charge in [0, 0.05) is 38.1 Å². The van der Waals surface area contributed by atoms with Gasteiger partial charge >= 0.3 is 0 Å². The van der Waals surface area contributed by atoms with Gasteiger partial charge in [-0.1, -0.05) is 32.9 Å². The first-order valence-electron chi connectivity index (χ1n) is 10.1. The van der Waals surface area contributed by atoms with Crippen molar-refractivity contribution in [3.05, 3.63) is 11.7 Å². The summed E-state index contributed by atoms with van der Waals surface area (Å²) in [5.74, 6) is 2.07. The number of aromatic nitrogens is 2. The van der Waals surface area contributed by atoms with Gasteiger partial charge in [0.1, 0.15) is 0 Å². The second-order valence-corrected chi connectivity index (χ2v) is 8.24. The van der Waals surface area contributed by atoms with Gasteiger partial charge < -0.3 is 20.5 Å². The third-order valence-corrected chi connectivity index (χ3v) is 4.62. The largest absolute Gasteiger partial charge is 0.355 e. The van der Waals surface area contributed by atoms with E-state index in [2.05, 4.69) is 42.9 Å². The lowest BCUT2D eigenvalue weighted by molar-refractivity contribution is -0.122. The van der Waals surface area contributed by atoms with Gasteiger partial charge in [0.15, 0.2) is 11.8 Å². The van der Waals surface area contributed by atoms with Gasteiger partial charge in [-0.15, -0.1) is 0 Å². The first kappa shape index (κ1) is 22.1. The number of nitrogens with zero attached hydrogens (tertiary/aromatic N) is 4. The second kappa shape index (κ2) is 10.4. The lowest BCUT2D eigenvalue weighted by Crippen LogP contribution is -2.50. The Labute approximate surface area is 167 Å². The number of aliphatic imine (C=N–C) groups is 1. The minimum Gasteiger partial charge on any atom is -0.355 e. The fourth-order valence-corrected chi connectivity index (χ4v) is 2.94. The normalized spacial score (nSPS) is 16.8. The van der Waals surface area contributed by atoms with E-state index in [9.17, 15) is 4.79 Å². The first-order valence-corrected chi connectivity index (χ1v) is 10.1. The van der Waals surface area contributed by atoms with Gasteiger partial charge in [0.2, 0.25) is 11.8 Å². The Balaban J connectivity index is 1.72. The second-order valence-electron chi connectivity index (χ2n) is 8.24. The number of rotatable bonds is 7. The summed E-state index contributed by atoms with van der Waals surface area (Å²) in [4.78, 5) is 22.8. The molecule has 1 aliphatic heterocycles. The number of hydrogen-bond donors (Lipinski definition) is 3. The zero-order valence-electron chi connectivity index (χ0n) is 17.8. The predicted octanol–water partition coefficient (Wildman–Crippen LogP) is 1.02. The van der Waals surface area contributed by atoms with E-state index >= 15 is 0 Å². The molecule has 9 heteroatoms. The van der Waals surface area contributed by atoms with Crippen molar-refractivity contribution < 1.29 is 9.32 Å². The van der Waals surface area contributed by atoms with E-state index in [-0.39, 0.29) is 11.3 Å². The molecule has 0 spiro atoms. The summed E-state index contributed by atoms with van der Waals surface area (Å²) in [6.07, 6.45) is 2.90. The molecule has 0 aliphatic carbocycles. The Kier molecular flexibility index (Phi) is 8.22. The van der Waals surface area contributed by atoms with Gasteiger partial charge in [-0.05, 0) is 19.3 Å². The molecule has 9 nitrogen and oxygen atoms in total. The van der Waals surface area contributed by atoms with Crippen molar-refractivity contribution in [2.45, 2.75) is 65.0 Å². The van der Waals surface area contributed by atoms with Crippen LogP contribution in [0.3, 0.4) is 0 Å². The number of likely N-dealkylation sites (tertiary alicyclic amines) is 1. The third-order valence-electron chi connectivity index (χ3n) is 4.62. The molecular formula is C19H35N7O2. The molecule has 28 heavy (non-hydrogen) atoms. The van der Waals surface area contributed by atoms with Crippen LogP contribution in [-0.2, 0) is 16.8 Å². The van der Waals surface area contributed by atoms with Crippen molar-refractivity contribution in [2.24, 2.45) is 4.99 Å². The topological polar surface area (TPSA) is 108 Å². The molecular weight excluding hydrogens is 358 g/mol. The highest BCUT2D eigenvalue weighted by Crippen LogP contribution is 2.19. The van der Waals surface area contributed by atoms with Crippen LogP contribution in [0.15, 0.2) is 9.52 Å². The first-order chi connectivity index (χ1) is 13.3. The number of amides is 1. The maximum atomic E-state index is 11.8. The number of carbonyl (C=O) groups is 1. The van der Waals surface area contributed by atoms with Crippen LogP contribution in [-0.4, -0.2) is 66.2 Å². The van der Waals surface area contributed by atoms with Crippen LogP contribution in [0.25, 0.3) is 0 Å². The molecule has 1 saturated heterocycles. The monoisotopic (exact) mass is 393 g/mol. The number of carbonyl (C=O) groups excluding carboxylic acids is 1. The van der Waals surface area contributed by atoms with Crippen molar-refractivity contribution in [2.75, 3.05) is 33.2 Å². The quantitative estimate of drug-likeness (QED) is 0.469. The van der Waals surface area contributed by atoms with Gasteiger partial charge in [0.05, 0.1) is 13.1 Å². The van der Waals surface area contributed by atoms with E-state index in [1.165, 1.54) is 0 Å². The minimum absolute atomic E-state index is 0.112. The maximum absolute atomic E-state index is 11.8. The van der Waals surface area contributed by atoms with Gasteiger partial charge in [-0.3, -0.25) is 14.7 Å². The number of nitrogens with one attached hydrogen (secondary N) is 3. The Hall–Kier alpha value is -2.16. The maximum Gasteiger partial charge on any atom is 0.234 e. The fraction of sp³-hybridized carbons (Fsp3) is 0.789. The van der Waals surface area contributed by atoms with Crippen LogP contribution < -0.4 is 16.0 Å². The summed E-state index contributed by atoms with van der Waals surface area (Å²) in [5.41, 5.74) is -0.160. The van der Waals surface area contributed by atoms with Crippen LogP contribution in [0.2, 0.25) is 0 Å². The summed E-state index contributed by atoms with van der Waals surface area (Å²) in [7, 11) is 1.75. The lowest BCUT2D eigenvalue weighted by Gasteiger charge is -2.32. The van der Waals surface area contributed by atoms with Crippen molar-refractivity contribution in [1.29, 1.82) is 0 Å². The van der Waals surface area contributed by atoms with Gasteiger partial charge in [-0.25, -0.2) is 0 Å². The molecule has 2 rings (SSSR count). The Morgan fingerprint density at radius 2 is 2.00 bits per heavy atom. The summed E-state index contributed by atoms with van der Waals surface area (Å²) in [5, 5.41) is 13.6. The van der Waals surface area contributed by atoms with E-state index in [0.29, 0.717) is 30.8 Å². The molecule has 1 fully saturated rings. The summed E-state index contributed by atoms with van der Waals surface area (Å²) >= 11 is 0. The molecule has 1 aromatic rings. The highest BCUT2D eigenvalue weighted by Gasteiger charge is 2.23. The van der Waals surface area contributed by atoms with Crippen LogP contribution in [0.1, 0.15) is 58.7 Å². The average molecular weight is 394 g/mol. The molecule has 1 amide bonds. The molecule has 0 unspecified atom stereocenters. The van der Waals surface area contributed by atoms with E-state index in [4.69, 9.17) is 4.52 Å². The predicted molar refractivity (Wildman–Crippen MR) is 109 cm³/mol. The van der Waals surface area contributed by atoms with Crippen LogP contribution in [0.5, 0.6) is 0 Å². The zero-order chi connectivity index (χ0) is 20.6. The van der Waals surface area contributed by atoms with Crippen molar-refractivity contribution in [3.8, 4) is 0 Å².